The van der Waals surface area contributed by atoms with E-state index in [9.17, 15) is 4.79 Å². The van der Waals surface area contributed by atoms with E-state index >= 15 is 0 Å². The zero-order chi connectivity index (χ0) is 18.4. The van der Waals surface area contributed by atoms with Gasteiger partial charge in [0.1, 0.15) is 0 Å². The Morgan fingerprint density at radius 1 is 1.35 bits per heavy atom. The van der Waals surface area contributed by atoms with Gasteiger partial charge in [0.25, 0.3) is 0 Å². The van der Waals surface area contributed by atoms with E-state index in [1.54, 1.807) is 0 Å². The smallest absolute Gasteiger partial charge is 0.344 e. The van der Waals surface area contributed by atoms with Crippen molar-refractivity contribution < 1.29 is 9.53 Å². The van der Waals surface area contributed by atoms with Crippen LogP contribution in [0.5, 0.6) is 0 Å². The Kier molecular flexibility index (Phi) is 5.69. The summed E-state index contributed by atoms with van der Waals surface area (Å²) in [6, 6.07) is 7.34. The summed E-state index contributed by atoms with van der Waals surface area (Å²) >= 11 is 0. The van der Waals surface area contributed by atoms with Crippen molar-refractivity contribution in [1.82, 2.24) is 15.5 Å². The first-order valence-corrected chi connectivity index (χ1v) is 8.41. The number of carbonyl (C=O) groups is 1. The molecular formula is C17H23N7O2. The quantitative estimate of drug-likeness (QED) is 0.438. The maximum absolute atomic E-state index is 11.5. The minimum atomic E-state index is -0.561. The van der Waals surface area contributed by atoms with Crippen LogP contribution in [0.25, 0.3) is 5.57 Å². The molecule has 1 aromatic carbocycles. The van der Waals surface area contributed by atoms with E-state index in [0.717, 1.165) is 49.0 Å². The van der Waals surface area contributed by atoms with Crippen LogP contribution in [0.3, 0.4) is 0 Å². The van der Waals surface area contributed by atoms with Crippen molar-refractivity contribution in [2.45, 2.75) is 6.54 Å². The number of carbonyl (C=O) groups excluding carboxylic acids is 1. The fourth-order valence-electron chi connectivity index (χ4n) is 2.76. The van der Waals surface area contributed by atoms with Gasteiger partial charge in [-0.3, -0.25) is 0 Å². The van der Waals surface area contributed by atoms with Gasteiger partial charge in [0.15, 0.2) is 11.9 Å². The Labute approximate surface area is 151 Å². The van der Waals surface area contributed by atoms with Crippen LogP contribution in [0, 0.1) is 0 Å². The van der Waals surface area contributed by atoms with Gasteiger partial charge < -0.3 is 31.7 Å². The van der Waals surface area contributed by atoms with Crippen LogP contribution < -0.4 is 22.1 Å². The van der Waals surface area contributed by atoms with Gasteiger partial charge in [-0.1, -0.05) is 18.2 Å². The molecule has 1 fully saturated rings. The Morgan fingerprint density at radius 2 is 2.15 bits per heavy atom. The number of nitrogens with two attached hydrogens (primary N) is 2. The molecule has 0 aromatic heterocycles. The highest BCUT2D eigenvalue weighted by molar-refractivity contribution is 5.90. The number of ether oxygens (including phenoxy) is 1. The lowest BCUT2D eigenvalue weighted by molar-refractivity contribution is 0.0667. The van der Waals surface area contributed by atoms with Gasteiger partial charge in [-0.05, 0) is 22.8 Å². The minimum Gasteiger partial charge on any atom is -0.378 e. The van der Waals surface area contributed by atoms with Crippen molar-refractivity contribution >= 4 is 23.5 Å². The van der Waals surface area contributed by atoms with Crippen LogP contribution in [0.15, 0.2) is 40.5 Å². The van der Waals surface area contributed by atoms with Gasteiger partial charge in [-0.25, -0.2) is 9.79 Å². The second-order valence-electron chi connectivity index (χ2n) is 5.95. The highest BCUT2D eigenvalue weighted by Gasteiger charge is 2.17. The number of urea groups is 1. The topological polar surface area (TPSA) is 130 Å². The van der Waals surface area contributed by atoms with E-state index in [4.69, 9.17) is 16.2 Å². The third-order valence-electron chi connectivity index (χ3n) is 4.06. The zero-order valence-corrected chi connectivity index (χ0v) is 14.4. The number of morpholine rings is 1. The number of amides is 2. The second-order valence-corrected chi connectivity index (χ2v) is 5.95. The minimum absolute atomic E-state index is 0.261. The van der Waals surface area contributed by atoms with E-state index < -0.39 is 6.03 Å². The third kappa shape index (κ3) is 4.73. The summed E-state index contributed by atoms with van der Waals surface area (Å²) in [5.74, 6) is 0.626. The SMILES string of the molecule is NC(N)=NC(=O)NCc1cccc(C2=CNC(N3CCOCC3)=NC2)c1. The van der Waals surface area contributed by atoms with Crippen LogP contribution >= 0.6 is 0 Å². The molecule has 0 bridgehead atoms. The maximum Gasteiger partial charge on any atom is 0.344 e. The molecule has 1 aromatic rings. The molecule has 9 nitrogen and oxygen atoms in total. The number of hydrogen-bond donors (Lipinski definition) is 4. The lowest BCUT2D eigenvalue weighted by Gasteiger charge is -2.31. The number of guanidine groups is 2. The second kappa shape index (κ2) is 8.34. The number of nitrogens with zero attached hydrogens (tertiary/aromatic N) is 3. The van der Waals surface area contributed by atoms with Crippen molar-refractivity contribution in [3.8, 4) is 0 Å². The summed E-state index contributed by atoms with van der Waals surface area (Å²) < 4.78 is 5.36. The van der Waals surface area contributed by atoms with Gasteiger partial charge >= 0.3 is 6.03 Å². The Morgan fingerprint density at radius 3 is 2.85 bits per heavy atom. The monoisotopic (exact) mass is 357 g/mol. The average Bonchev–Trinajstić information content (AvgIpc) is 2.67. The summed E-state index contributed by atoms with van der Waals surface area (Å²) in [5, 5.41) is 5.91. The highest BCUT2D eigenvalue weighted by atomic mass is 16.5. The molecule has 6 N–H and O–H groups in total. The maximum atomic E-state index is 11.5. The van der Waals surface area contributed by atoms with Crippen molar-refractivity contribution in [2.75, 3.05) is 32.8 Å². The molecule has 0 atom stereocenters. The van der Waals surface area contributed by atoms with Crippen LogP contribution in [-0.4, -0.2) is 55.7 Å². The largest absolute Gasteiger partial charge is 0.378 e. The third-order valence-corrected chi connectivity index (χ3v) is 4.06. The molecule has 0 unspecified atom stereocenters. The van der Waals surface area contributed by atoms with Gasteiger partial charge in [-0.2, -0.15) is 4.99 Å². The van der Waals surface area contributed by atoms with Crippen LogP contribution in [0.1, 0.15) is 11.1 Å². The molecule has 9 heteroatoms. The summed E-state index contributed by atoms with van der Waals surface area (Å²) in [7, 11) is 0. The molecule has 1 saturated heterocycles. The molecule has 2 amide bonds. The van der Waals surface area contributed by atoms with Crippen molar-refractivity contribution in [3.05, 3.63) is 41.6 Å². The normalized spacial score (nSPS) is 16.8. The van der Waals surface area contributed by atoms with E-state index in [0.29, 0.717) is 13.1 Å². The summed E-state index contributed by atoms with van der Waals surface area (Å²) in [6.45, 7) is 4.09. The fraction of sp³-hybridized carbons (Fsp3) is 0.353. The number of nitrogens with one attached hydrogen (secondary N) is 2. The number of rotatable bonds is 3. The number of benzene rings is 1. The van der Waals surface area contributed by atoms with Gasteiger partial charge in [-0.15, -0.1) is 0 Å². The zero-order valence-electron chi connectivity index (χ0n) is 14.4. The Hall–Kier alpha value is -3.07. The molecule has 2 heterocycles. The van der Waals surface area contributed by atoms with Crippen LogP contribution in [0.2, 0.25) is 0 Å². The average molecular weight is 357 g/mol. The molecule has 3 rings (SSSR count). The predicted molar refractivity (Wildman–Crippen MR) is 100 cm³/mol. The molecule has 2 aliphatic heterocycles. The molecule has 0 saturated carbocycles. The van der Waals surface area contributed by atoms with Gasteiger partial charge in [0.2, 0.25) is 0 Å². The summed E-state index contributed by atoms with van der Waals surface area (Å²) in [5.41, 5.74) is 13.4. The molecule has 0 aliphatic carbocycles. The molecule has 0 radical (unpaired) electrons. The lowest BCUT2D eigenvalue weighted by Crippen LogP contribution is -2.46. The van der Waals surface area contributed by atoms with Gasteiger partial charge in [0, 0.05) is 25.8 Å². The standard InChI is InChI=1S/C17H23N7O2/c18-15(19)23-17(25)22-9-12-2-1-3-13(8-12)14-10-20-16(21-11-14)24-4-6-26-7-5-24/h1-3,8,10H,4-7,9,11H2,(H,20,21)(H5,18,19,22,23,25). The van der Waals surface area contributed by atoms with E-state index in [-0.39, 0.29) is 5.96 Å². The summed E-state index contributed by atoms with van der Waals surface area (Å²) in [4.78, 5) is 21.7. The van der Waals surface area contributed by atoms with Crippen molar-refractivity contribution in [3.63, 3.8) is 0 Å². The Balaban J connectivity index is 1.59. The van der Waals surface area contributed by atoms with Crippen molar-refractivity contribution in [1.29, 1.82) is 0 Å². The molecule has 2 aliphatic rings. The van der Waals surface area contributed by atoms with E-state index in [2.05, 4.69) is 25.5 Å². The molecule has 26 heavy (non-hydrogen) atoms. The lowest BCUT2D eigenvalue weighted by atomic mass is 10.0. The number of aliphatic imine (C=N–C) groups is 2. The molecule has 138 valence electrons. The van der Waals surface area contributed by atoms with Crippen molar-refractivity contribution in [2.24, 2.45) is 21.5 Å². The molecular weight excluding hydrogens is 334 g/mol. The predicted octanol–water partition coefficient (Wildman–Crippen LogP) is -0.198. The first kappa shape index (κ1) is 17.7. The van der Waals surface area contributed by atoms with Gasteiger partial charge in [0.05, 0.1) is 19.8 Å². The Bertz CT molecular complexity index is 747. The highest BCUT2D eigenvalue weighted by Crippen LogP contribution is 2.18. The van der Waals surface area contributed by atoms with E-state index in [1.165, 1.54) is 0 Å². The fourth-order valence-corrected chi connectivity index (χ4v) is 2.76. The molecule has 0 spiro atoms. The van der Waals surface area contributed by atoms with E-state index in [1.807, 2.05) is 30.5 Å². The number of hydrogen-bond acceptors (Lipinski definition) is 5. The van der Waals surface area contributed by atoms with Crippen LogP contribution in [0.4, 0.5) is 4.79 Å². The first-order chi connectivity index (χ1) is 12.6. The summed E-state index contributed by atoms with van der Waals surface area (Å²) in [6.07, 6.45) is 1.98. The first-order valence-electron chi connectivity index (χ1n) is 8.41. The van der Waals surface area contributed by atoms with Crippen LogP contribution in [-0.2, 0) is 11.3 Å².